The summed E-state index contributed by atoms with van der Waals surface area (Å²) in [5, 5.41) is 0. The first-order valence-corrected chi connectivity index (χ1v) is 34.1. The number of fused-ring (bicyclic) bond motifs is 16. The zero-order valence-electron chi connectivity index (χ0n) is 55.6. The van der Waals surface area contributed by atoms with E-state index in [0.717, 1.165) is 89.8 Å². The fourth-order valence-corrected chi connectivity index (χ4v) is 17.8. The predicted molar refractivity (Wildman–Crippen MR) is 406 cm³/mol. The summed E-state index contributed by atoms with van der Waals surface area (Å²) >= 11 is 0. The van der Waals surface area contributed by atoms with Crippen LogP contribution < -0.4 is 9.80 Å². The summed E-state index contributed by atoms with van der Waals surface area (Å²) in [4.78, 5) is 4.64. The van der Waals surface area contributed by atoms with Gasteiger partial charge in [-0.3, -0.25) is 0 Å². The maximum absolute atomic E-state index is 15.5. The van der Waals surface area contributed by atoms with E-state index in [2.05, 4.69) is 305 Å². The molecule has 0 N–H and O–H groups in total. The van der Waals surface area contributed by atoms with Gasteiger partial charge in [0.05, 0.1) is 16.2 Å². The summed E-state index contributed by atoms with van der Waals surface area (Å²) in [6, 6.07) is 109. The molecule has 2 nitrogen and oxygen atoms in total. The largest absolute Gasteiger partial charge is 0.310 e. The molecule has 0 amide bonds. The molecule has 2 unspecified atom stereocenters. The third kappa shape index (κ3) is 8.58. The predicted octanol–water partition coefficient (Wildman–Crippen LogP) is 24.5. The van der Waals surface area contributed by atoms with Crippen LogP contribution in [0.3, 0.4) is 0 Å². The van der Waals surface area contributed by atoms with Gasteiger partial charge in [0.2, 0.25) is 0 Å². The molecule has 14 aromatic rings. The van der Waals surface area contributed by atoms with Crippen LogP contribution >= 0.6 is 0 Å². The van der Waals surface area contributed by atoms with E-state index in [0.29, 0.717) is 0 Å². The van der Waals surface area contributed by atoms with E-state index in [9.17, 15) is 0 Å². The fraction of sp³-hybridized carbons (Fsp3) is 0.0737. The van der Waals surface area contributed by atoms with Crippen LogP contribution in [0.5, 0.6) is 0 Å². The molecular formula is C95H68F2N2. The molecular weight excluding hydrogens is 1210 g/mol. The number of rotatable bonds is 12. The Bertz CT molecular complexity index is 5330. The quantitative estimate of drug-likeness (QED) is 0.120. The van der Waals surface area contributed by atoms with Crippen molar-refractivity contribution in [1.29, 1.82) is 0 Å². The summed E-state index contributed by atoms with van der Waals surface area (Å²) in [6.45, 7) is 17.1. The number of nitrogens with zero attached hydrogens (tertiary/aromatic N) is 2. The maximum atomic E-state index is 15.5. The minimum absolute atomic E-state index is 0.308. The SMILES string of the molecule is C=Cc1ccc(C2(c3cc(C)ccc3C)c3ccccc3-c3ccc(N(c4ccc(F)cc4)c4ccc5c(c4)C4(c6ccccc6-5)c5ccccc5-c5ccc(N(c6ccc(F)cc6)c6ccc7c(c6)C(c6ccc(C=C)cc6)(c6cc(C)ccc6C)c6ccccc6-7)cc54)cc32)cc1. The standard InChI is InChI=1S/C95H68F2N2/c1-7-63-29-33-65(34-30-63)93(87-53-59(3)25-27-61(87)5)83-21-13-9-17-75(83)79-49-45-71(55-89(79)93)98(69-41-37-67(96)38-42-69)73-47-51-81-77-19-11-15-23-85(77)95(91(81)57-73)86-24-16-12-20-78(86)82-52-48-74(58-92(82)95)99(70-43-39-68(97)40-44-70)72-46-50-80-76-18-10-14-22-84(76)94(90(80)56-72,66-35-31-64(8-2)32-36-66)88-54-60(4)26-28-62(88)6/h7-58H,1-2H2,3-6H3. The lowest BCUT2D eigenvalue weighted by Crippen LogP contribution is -2.30. The van der Waals surface area contributed by atoms with Gasteiger partial charge < -0.3 is 9.80 Å². The molecule has 0 heterocycles. The molecule has 2 atom stereocenters. The van der Waals surface area contributed by atoms with Gasteiger partial charge in [-0.25, -0.2) is 8.78 Å². The summed E-state index contributed by atoms with van der Waals surface area (Å²) < 4.78 is 31.0. The maximum Gasteiger partial charge on any atom is 0.123 e. The Morgan fingerprint density at radius 2 is 0.525 bits per heavy atom. The van der Waals surface area contributed by atoms with Gasteiger partial charge in [-0.2, -0.15) is 0 Å². The highest BCUT2D eigenvalue weighted by molar-refractivity contribution is 5.99. The van der Waals surface area contributed by atoms with Crippen LogP contribution in [0.15, 0.2) is 316 Å². The Kier molecular flexibility index (Phi) is 13.6. The normalized spacial score (nSPS) is 16.8. The van der Waals surface area contributed by atoms with E-state index in [1.807, 2.05) is 36.4 Å². The van der Waals surface area contributed by atoms with Gasteiger partial charge in [0.25, 0.3) is 0 Å². The Hall–Kier alpha value is -12.0. The van der Waals surface area contributed by atoms with Crippen LogP contribution in [-0.4, -0.2) is 0 Å². The molecule has 0 saturated heterocycles. The number of aryl methyl sites for hydroxylation is 4. The average Bonchev–Trinajstić information content (AvgIpc) is 1.52. The Morgan fingerprint density at radius 3 is 0.838 bits per heavy atom. The average molecular weight is 1280 g/mol. The third-order valence-corrected chi connectivity index (χ3v) is 22.1. The van der Waals surface area contributed by atoms with Crippen LogP contribution in [0.1, 0.15) is 100 Å². The van der Waals surface area contributed by atoms with Gasteiger partial charge in [-0.05, 0) is 258 Å². The van der Waals surface area contributed by atoms with E-state index in [4.69, 9.17) is 0 Å². The number of anilines is 6. The highest BCUT2D eigenvalue weighted by Gasteiger charge is 2.53. The van der Waals surface area contributed by atoms with Crippen molar-refractivity contribution < 1.29 is 8.78 Å². The number of benzene rings is 14. The molecule has 0 bridgehead atoms. The molecule has 4 aliphatic rings. The van der Waals surface area contributed by atoms with Crippen LogP contribution in [-0.2, 0) is 16.2 Å². The second kappa shape index (κ2) is 22.6. The van der Waals surface area contributed by atoms with Crippen LogP contribution in [0.25, 0.3) is 56.7 Å². The zero-order chi connectivity index (χ0) is 67.1. The molecule has 0 radical (unpaired) electrons. The van der Waals surface area contributed by atoms with Crippen molar-refractivity contribution in [3.63, 3.8) is 0 Å². The second-order valence-corrected chi connectivity index (χ2v) is 27.3. The molecule has 4 aliphatic carbocycles. The Balaban J connectivity index is 0.861. The minimum Gasteiger partial charge on any atom is -0.310 e. The molecule has 4 heteroatoms. The van der Waals surface area contributed by atoms with Gasteiger partial charge in [0.1, 0.15) is 11.6 Å². The second-order valence-electron chi connectivity index (χ2n) is 27.3. The van der Waals surface area contributed by atoms with E-state index in [-0.39, 0.29) is 11.6 Å². The molecule has 0 fully saturated rings. The van der Waals surface area contributed by atoms with Crippen molar-refractivity contribution in [3.05, 3.63) is 428 Å². The fourth-order valence-electron chi connectivity index (χ4n) is 17.8. The van der Waals surface area contributed by atoms with Gasteiger partial charge in [-0.15, -0.1) is 0 Å². The molecule has 472 valence electrons. The molecule has 18 rings (SSSR count). The summed E-state index contributed by atoms with van der Waals surface area (Å²) in [5.41, 5.74) is 33.5. The minimum atomic E-state index is -0.823. The molecule has 14 aromatic carbocycles. The summed E-state index contributed by atoms with van der Waals surface area (Å²) in [7, 11) is 0. The number of hydrogen-bond acceptors (Lipinski definition) is 2. The number of hydrogen-bond donors (Lipinski definition) is 0. The van der Waals surface area contributed by atoms with Crippen LogP contribution in [0.4, 0.5) is 42.9 Å². The lowest BCUT2D eigenvalue weighted by atomic mass is 9.66. The molecule has 1 spiro atoms. The third-order valence-electron chi connectivity index (χ3n) is 22.1. The van der Waals surface area contributed by atoms with Gasteiger partial charge in [0, 0.05) is 34.1 Å². The van der Waals surface area contributed by atoms with Crippen molar-refractivity contribution in [2.75, 3.05) is 9.80 Å². The first kappa shape index (κ1) is 59.5. The lowest BCUT2D eigenvalue weighted by molar-refractivity contribution is 0.627. The van der Waals surface area contributed by atoms with Gasteiger partial charge in [-0.1, -0.05) is 243 Å². The van der Waals surface area contributed by atoms with E-state index in [1.54, 1.807) is 24.3 Å². The molecule has 0 aromatic heterocycles. The van der Waals surface area contributed by atoms with Crippen LogP contribution in [0.2, 0.25) is 0 Å². The molecule has 99 heavy (non-hydrogen) atoms. The van der Waals surface area contributed by atoms with Crippen LogP contribution in [0, 0.1) is 39.3 Å². The topological polar surface area (TPSA) is 6.48 Å². The zero-order valence-corrected chi connectivity index (χ0v) is 55.6. The smallest absolute Gasteiger partial charge is 0.123 e. The first-order chi connectivity index (χ1) is 48.4. The summed E-state index contributed by atoms with van der Waals surface area (Å²) in [6.07, 6.45) is 3.81. The highest BCUT2D eigenvalue weighted by atomic mass is 19.1. The van der Waals surface area contributed by atoms with Crippen molar-refractivity contribution in [2.24, 2.45) is 0 Å². The van der Waals surface area contributed by atoms with Crippen molar-refractivity contribution in [3.8, 4) is 44.5 Å². The van der Waals surface area contributed by atoms with Crippen molar-refractivity contribution in [1.82, 2.24) is 0 Å². The molecule has 0 saturated carbocycles. The Labute approximate surface area is 578 Å². The van der Waals surface area contributed by atoms with E-state index < -0.39 is 16.2 Å². The first-order valence-electron chi connectivity index (χ1n) is 34.1. The lowest BCUT2D eigenvalue weighted by Gasteiger charge is -2.36. The van der Waals surface area contributed by atoms with Gasteiger partial charge >= 0.3 is 0 Å². The molecule has 0 aliphatic heterocycles. The highest BCUT2D eigenvalue weighted by Crippen LogP contribution is 2.66. The van der Waals surface area contributed by atoms with Crippen molar-refractivity contribution >= 4 is 46.3 Å². The van der Waals surface area contributed by atoms with E-state index in [1.165, 1.54) is 89.0 Å². The van der Waals surface area contributed by atoms with Crippen molar-refractivity contribution in [2.45, 2.75) is 43.9 Å². The number of halogens is 2. The Morgan fingerprint density at radius 1 is 0.253 bits per heavy atom. The summed E-state index contributed by atoms with van der Waals surface area (Å²) in [5.74, 6) is -0.616. The van der Waals surface area contributed by atoms with Gasteiger partial charge in [0.15, 0.2) is 0 Å². The van der Waals surface area contributed by atoms with E-state index >= 15 is 8.78 Å². The monoisotopic (exact) mass is 1270 g/mol.